The molecule has 6 nitrogen and oxygen atoms in total. The van der Waals surface area contributed by atoms with Crippen molar-refractivity contribution in [1.29, 1.82) is 0 Å². The minimum Gasteiger partial charge on any atom is -0.369 e. The molecule has 0 radical (unpaired) electrons. The summed E-state index contributed by atoms with van der Waals surface area (Å²) in [5.41, 5.74) is 2.55. The monoisotopic (exact) mass is 269 g/mol. The van der Waals surface area contributed by atoms with Crippen molar-refractivity contribution in [3.8, 4) is 0 Å². The number of hydrogen-bond acceptors (Lipinski definition) is 6. The Morgan fingerprint density at radius 3 is 2.72 bits per heavy atom. The Hall–Kier alpha value is -1.21. The van der Waals surface area contributed by atoms with Crippen LogP contribution >= 0.6 is 0 Å². The Morgan fingerprint density at radius 1 is 1.50 bits per heavy atom. The van der Waals surface area contributed by atoms with E-state index in [-0.39, 0.29) is 5.25 Å². The third-order valence-electron chi connectivity index (χ3n) is 2.97. The van der Waals surface area contributed by atoms with Crippen LogP contribution in [0.25, 0.3) is 0 Å². The first-order chi connectivity index (χ1) is 8.60. The number of rotatable bonds is 6. The summed E-state index contributed by atoms with van der Waals surface area (Å²) >= 11 is 0. The number of hydrazine groups is 1. The van der Waals surface area contributed by atoms with Crippen LogP contribution in [0.1, 0.15) is 31.5 Å². The molecule has 2 rings (SSSR count). The molecule has 0 aliphatic heterocycles. The summed E-state index contributed by atoms with van der Waals surface area (Å²) in [4.78, 5) is 8.79. The molecular formula is C11H19N5OS. The molecule has 0 bridgehead atoms. The highest BCUT2D eigenvalue weighted by atomic mass is 32.2. The first-order valence-electron chi connectivity index (χ1n) is 6.02. The summed E-state index contributed by atoms with van der Waals surface area (Å²) in [7, 11) is -0.839. The van der Waals surface area contributed by atoms with Crippen LogP contribution in [0.3, 0.4) is 0 Å². The van der Waals surface area contributed by atoms with E-state index in [0.717, 1.165) is 24.5 Å². The predicted octanol–water partition coefficient (Wildman–Crippen LogP) is 0.818. The van der Waals surface area contributed by atoms with Crippen LogP contribution < -0.4 is 16.6 Å². The van der Waals surface area contributed by atoms with Crippen molar-refractivity contribution < 1.29 is 4.21 Å². The molecule has 0 amide bonds. The molecule has 1 saturated carbocycles. The van der Waals surface area contributed by atoms with Crippen LogP contribution in [0.4, 0.5) is 11.6 Å². The maximum Gasteiger partial charge on any atom is 0.145 e. The third-order valence-corrected chi connectivity index (χ3v) is 4.27. The lowest BCUT2D eigenvalue weighted by atomic mass is 10.3. The molecular weight excluding hydrogens is 250 g/mol. The molecule has 0 saturated heterocycles. The largest absolute Gasteiger partial charge is 0.369 e. The molecule has 7 heteroatoms. The Labute approximate surface area is 109 Å². The van der Waals surface area contributed by atoms with Crippen molar-refractivity contribution in [3.63, 3.8) is 0 Å². The Balaban J connectivity index is 2.06. The van der Waals surface area contributed by atoms with Gasteiger partial charge >= 0.3 is 0 Å². The molecule has 0 spiro atoms. The van der Waals surface area contributed by atoms with Gasteiger partial charge in [-0.25, -0.2) is 15.8 Å². The van der Waals surface area contributed by atoms with Crippen LogP contribution in [-0.2, 0) is 10.8 Å². The van der Waals surface area contributed by atoms with Gasteiger partial charge in [0.25, 0.3) is 0 Å². The van der Waals surface area contributed by atoms with Gasteiger partial charge in [0.05, 0.1) is 0 Å². The standard InChI is InChI=1S/C11H19N5OS/c1-7(18(2)17)6-13-9-5-10(16-12)15-11(14-9)8-3-4-8/h5,7-8H,3-4,6,12H2,1-2H3,(H2,13,14,15,16). The van der Waals surface area contributed by atoms with Crippen LogP contribution in [-0.4, -0.2) is 32.2 Å². The minimum atomic E-state index is -0.839. The fourth-order valence-corrected chi connectivity index (χ4v) is 1.84. The van der Waals surface area contributed by atoms with Gasteiger partial charge in [-0.3, -0.25) is 4.21 Å². The molecule has 18 heavy (non-hydrogen) atoms. The summed E-state index contributed by atoms with van der Waals surface area (Å²) in [6.45, 7) is 2.56. The van der Waals surface area contributed by atoms with Gasteiger partial charge < -0.3 is 10.7 Å². The Bertz CT molecular complexity index is 449. The highest BCUT2D eigenvalue weighted by molar-refractivity contribution is 7.84. The molecule has 0 aromatic carbocycles. The lowest BCUT2D eigenvalue weighted by Crippen LogP contribution is -2.21. The normalized spacial score (nSPS) is 18.2. The molecule has 4 N–H and O–H groups in total. The predicted molar refractivity (Wildman–Crippen MR) is 73.8 cm³/mol. The van der Waals surface area contributed by atoms with Gasteiger partial charge in [-0.2, -0.15) is 0 Å². The molecule has 1 aromatic heterocycles. The molecule has 1 aromatic rings. The number of anilines is 2. The van der Waals surface area contributed by atoms with Crippen molar-refractivity contribution >= 4 is 22.4 Å². The lowest BCUT2D eigenvalue weighted by Gasteiger charge is -2.12. The molecule has 1 fully saturated rings. The molecule has 1 heterocycles. The van der Waals surface area contributed by atoms with Crippen molar-refractivity contribution in [2.75, 3.05) is 23.5 Å². The van der Waals surface area contributed by atoms with Gasteiger partial charge in [-0.15, -0.1) is 0 Å². The second kappa shape index (κ2) is 5.62. The van der Waals surface area contributed by atoms with Gasteiger partial charge in [0, 0.05) is 40.8 Å². The fourth-order valence-electron chi connectivity index (χ4n) is 1.52. The first kappa shape index (κ1) is 13.2. The van der Waals surface area contributed by atoms with Crippen molar-refractivity contribution in [2.24, 2.45) is 5.84 Å². The van der Waals surface area contributed by atoms with Gasteiger partial charge in [-0.05, 0) is 19.8 Å². The van der Waals surface area contributed by atoms with Gasteiger partial charge in [0.15, 0.2) is 0 Å². The molecule has 100 valence electrons. The van der Waals surface area contributed by atoms with Gasteiger partial charge in [0.1, 0.15) is 17.5 Å². The van der Waals surface area contributed by atoms with Crippen LogP contribution in [0.2, 0.25) is 0 Å². The van der Waals surface area contributed by atoms with Crippen LogP contribution in [0, 0.1) is 0 Å². The number of nitrogen functional groups attached to an aromatic ring is 1. The number of nitrogens with two attached hydrogens (primary N) is 1. The van der Waals surface area contributed by atoms with Gasteiger partial charge in [-0.1, -0.05) is 0 Å². The summed E-state index contributed by atoms with van der Waals surface area (Å²) in [6.07, 6.45) is 3.99. The highest BCUT2D eigenvalue weighted by Gasteiger charge is 2.27. The van der Waals surface area contributed by atoms with E-state index in [1.165, 1.54) is 0 Å². The SMILES string of the molecule is CC(CNc1cc(NN)nc(C2CC2)n1)S(C)=O. The average Bonchev–Trinajstić information content (AvgIpc) is 3.19. The maximum absolute atomic E-state index is 11.3. The number of nitrogens with one attached hydrogen (secondary N) is 2. The smallest absolute Gasteiger partial charge is 0.145 e. The van der Waals surface area contributed by atoms with Gasteiger partial charge in [0.2, 0.25) is 0 Å². The Kier molecular flexibility index (Phi) is 4.13. The molecule has 1 aliphatic carbocycles. The summed E-state index contributed by atoms with van der Waals surface area (Å²) < 4.78 is 11.3. The lowest BCUT2D eigenvalue weighted by molar-refractivity contribution is 0.678. The van der Waals surface area contributed by atoms with Crippen molar-refractivity contribution in [3.05, 3.63) is 11.9 Å². The van der Waals surface area contributed by atoms with Crippen molar-refractivity contribution in [1.82, 2.24) is 9.97 Å². The second-order valence-corrected chi connectivity index (χ2v) is 6.41. The van der Waals surface area contributed by atoms with E-state index in [1.807, 2.05) is 6.92 Å². The Morgan fingerprint density at radius 2 is 2.17 bits per heavy atom. The van der Waals surface area contributed by atoms with E-state index in [1.54, 1.807) is 12.3 Å². The first-order valence-corrected chi connectivity index (χ1v) is 7.64. The summed E-state index contributed by atoms with van der Waals surface area (Å²) in [6, 6.07) is 1.76. The van der Waals surface area contributed by atoms with E-state index in [2.05, 4.69) is 20.7 Å². The fraction of sp³-hybridized carbons (Fsp3) is 0.636. The number of aromatic nitrogens is 2. The van der Waals surface area contributed by atoms with E-state index < -0.39 is 10.8 Å². The second-order valence-electron chi connectivity index (χ2n) is 4.61. The molecule has 2 atom stereocenters. The average molecular weight is 269 g/mol. The van der Waals surface area contributed by atoms with Crippen LogP contribution in [0.5, 0.6) is 0 Å². The van der Waals surface area contributed by atoms with E-state index in [4.69, 9.17) is 5.84 Å². The molecule has 2 unspecified atom stereocenters. The van der Waals surface area contributed by atoms with E-state index in [9.17, 15) is 4.21 Å². The summed E-state index contributed by atoms with van der Waals surface area (Å²) in [5, 5.41) is 3.27. The zero-order valence-corrected chi connectivity index (χ0v) is 11.5. The van der Waals surface area contributed by atoms with E-state index in [0.29, 0.717) is 18.3 Å². The zero-order chi connectivity index (χ0) is 13.1. The van der Waals surface area contributed by atoms with Crippen molar-refractivity contribution in [2.45, 2.75) is 30.9 Å². The summed E-state index contributed by atoms with van der Waals surface area (Å²) in [5.74, 6) is 8.04. The minimum absolute atomic E-state index is 0.0821. The van der Waals surface area contributed by atoms with Crippen LogP contribution in [0.15, 0.2) is 6.07 Å². The highest BCUT2D eigenvalue weighted by Crippen LogP contribution is 2.38. The number of hydrogen-bond donors (Lipinski definition) is 3. The maximum atomic E-state index is 11.3. The molecule has 1 aliphatic rings. The third kappa shape index (κ3) is 3.39. The topological polar surface area (TPSA) is 92.9 Å². The zero-order valence-electron chi connectivity index (χ0n) is 10.6. The quantitative estimate of drug-likeness (QED) is 0.523. The number of nitrogens with zero attached hydrogens (tertiary/aromatic N) is 2. The van der Waals surface area contributed by atoms with E-state index >= 15 is 0 Å².